The minimum atomic E-state index is -0.785. The van der Waals surface area contributed by atoms with E-state index >= 15 is 0 Å². The summed E-state index contributed by atoms with van der Waals surface area (Å²) in [6.07, 6.45) is 0. The lowest BCUT2D eigenvalue weighted by Gasteiger charge is -2.11. The molecule has 1 amide bonds. The molecule has 0 atom stereocenters. The predicted octanol–water partition coefficient (Wildman–Crippen LogP) is 3.75. The number of hydrogen-bond donors (Lipinski definition) is 2. The zero-order valence-corrected chi connectivity index (χ0v) is 15.3. The van der Waals surface area contributed by atoms with Gasteiger partial charge in [0, 0.05) is 17.8 Å². The van der Waals surface area contributed by atoms with Gasteiger partial charge in [0.25, 0.3) is 5.91 Å². The van der Waals surface area contributed by atoms with Crippen molar-refractivity contribution in [2.75, 3.05) is 12.4 Å². The first kappa shape index (κ1) is 19.2. The van der Waals surface area contributed by atoms with Gasteiger partial charge in [0.1, 0.15) is 28.8 Å². The van der Waals surface area contributed by atoms with E-state index in [1.807, 2.05) is 18.2 Å². The molecule has 1 aromatic heterocycles. The Bertz CT molecular complexity index is 991. The second kappa shape index (κ2) is 8.43. The molecule has 1 heterocycles. The van der Waals surface area contributed by atoms with E-state index in [1.165, 1.54) is 12.1 Å². The van der Waals surface area contributed by atoms with E-state index in [-0.39, 0.29) is 23.9 Å². The van der Waals surface area contributed by atoms with Crippen LogP contribution in [0.15, 0.2) is 48.5 Å². The fraction of sp³-hybridized carbons (Fsp3) is 0.150. The Balaban J connectivity index is 1.78. The van der Waals surface area contributed by atoms with Crippen LogP contribution in [0.2, 0.25) is 0 Å². The van der Waals surface area contributed by atoms with E-state index in [9.17, 15) is 13.6 Å². The SMILES string of the molecule is COc1ccccc1CNC(=O)c1cc(C)nc(Nc2c(F)cccc2F)n1. The molecule has 8 heteroatoms. The Hall–Kier alpha value is -3.55. The number of rotatable bonds is 6. The third kappa shape index (κ3) is 4.40. The van der Waals surface area contributed by atoms with Gasteiger partial charge < -0.3 is 15.4 Å². The molecule has 0 bridgehead atoms. The number of carbonyl (C=O) groups is 1. The lowest BCUT2D eigenvalue weighted by atomic mass is 10.2. The molecule has 3 aromatic rings. The van der Waals surface area contributed by atoms with E-state index in [0.29, 0.717) is 11.4 Å². The molecular formula is C20H18F2N4O2. The summed E-state index contributed by atoms with van der Waals surface area (Å²) in [6.45, 7) is 1.89. The van der Waals surface area contributed by atoms with Gasteiger partial charge in [-0.2, -0.15) is 0 Å². The van der Waals surface area contributed by atoms with Gasteiger partial charge in [-0.25, -0.2) is 18.7 Å². The van der Waals surface area contributed by atoms with Crippen molar-refractivity contribution in [3.63, 3.8) is 0 Å². The van der Waals surface area contributed by atoms with Crippen LogP contribution in [0.5, 0.6) is 5.75 Å². The van der Waals surface area contributed by atoms with Crippen LogP contribution in [0.25, 0.3) is 0 Å². The van der Waals surface area contributed by atoms with Gasteiger partial charge in [0.05, 0.1) is 7.11 Å². The highest BCUT2D eigenvalue weighted by atomic mass is 19.1. The molecule has 0 radical (unpaired) electrons. The second-order valence-electron chi connectivity index (χ2n) is 5.93. The maximum atomic E-state index is 13.8. The summed E-state index contributed by atoms with van der Waals surface area (Å²) >= 11 is 0. The van der Waals surface area contributed by atoms with Gasteiger partial charge in [0.15, 0.2) is 0 Å². The average Bonchev–Trinajstić information content (AvgIpc) is 2.69. The number of aryl methyl sites for hydroxylation is 1. The van der Waals surface area contributed by atoms with Crippen LogP contribution in [0.4, 0.5) is 20.4 Å². The van der Waals surface area contributed by atoms with Crippen molar-refractivity contribution in [2.45, 2.75) is 13.5 Å². The van der Waals surface area contributed by atoms with Crippen LogP contribution < -0.4 is 15.4 Å². The molecule has 0 aliphatic heterocycles. The van der Waals surface area contributed by atoms with Gasteiger partial charge in [-0.3, -0.25) is 4.79 Å². The zero-order chi connectivity index (χ0) is 20.1. The summed E-state index contributed by atoms with van der Waals surface area (Å²) in [5.74, 6) is -1.45. The number of para-hydroxylation sites is 2. The van der Waals surface area contributed by atoms with Crippen LogP contribution in [0, 0.1) is 18.6 Å². The second-order valence-corrected chi connectivity index (χ2v) is 5.93. The van der Waals surface area contributed by atoms with Crippen LogP contribution in [0.1, 0.15) is 21.7 Å². The molecule has 28 heavy (non-hydrogen) atoms. The predicted molar refractivity (Wildman–Crippen MR) is 101 cm³/mol. The molecule has 0 aliphatic rings. The van der Waals surface area contributed by atoms with Gasteiger partial charge in [0.2, 0.25) is 5.95 Å². The van der Waals surface area contributed by atoms with Crippen LogP contribution in [-0.4, -0.2) is 23.0 Å². The molecule has 0 spiro atoms. The normalized spacial score (nSPS) is 10.4. The number of methoxy groups -OCH3 is 1. The molecule has 144 valence electrons. The monoisotopic (exact) mass is 384 g/mol. The Kier molecular flexibility index (Phi) is 5.78. The maximum absolute atomic E-state index is 13.8. The first-order valence-electron chi connectivity index (χ1n) is 8.44. The largest absolute Gasteiger partial charge is 0.496 e. The molecule has 0 fully saturated rings. The third-order valence-corrected chi connectivity index (χ3v) is 3.92. The van der Waals surface area contributed by atoms with Crippen molar-refractivity contribution in [2.24, 2.45) is 0 Å². The van der Waals surface area contributed by atoms with E-state index < -0.39 is 17.5 Å². The number of hydrogen-bond acceptors (Lipinski definition) is 5. The highest BCUT2D eigenvalue weighted by molar-refractivity contribution is 5.92. The first-order chi connectivity index (χ1) is 13.5. The third-order valence-electron chi connectivity index (χ3n) is 3.92. The van der Waals surface area contributed by atoms with Crippen LogP contribution in [-0.2, 0) is 6.54 Å². The van der Waals surface area contributed by atoms with Gasteiger partial charge in [-0.1, -0.05) is 24.3 Å². The number of nitrogens with zero attached hydrogens (tertiary/aromatic N) is 2. The van der Waals surface area contributed by atoms with Gasteiger partial charge >= 0.3 is 0 Å². The van der Waals surface area contributed by atoms with E-state index in [4.69, 9.17) is 4.74 Å². The molecule has 2 aromatic carbocycles. The first-order valence-corrected chi connectivity index (χ1v) is 8.44. The summed E-state index contributed by atoms with van der Waals surface area (Å²) < 4.78 is 32.9. The number of carbonyl (C=O) groups excluding carboxylic acids is 1. The molecule has 6 nitrogen and oxygen atoms in total. The van der Waals surface area contributed by atoms with E-state index in [1.54, 1.807) is 20.1 Å². The molecule has 0 aliphatic carbocycles. The summed E-state index contributed by atoms with van der Waals surface area (Å²) in [4.78, 5) is 20.6. The Morgan fingerprint density at radius 1 is 1.07 bits per heavy atom. The highest BCUT2D eigenvalue weighted by Gasteiger charge is 2.14. The average molecular weight is 384 g/mol. The van der Waals surface area contributed by atoms with Gasteiger partial charge in [-0.15, -0.1) is 0 Å². The van der Waals surface area contributed by atoms with E-state index in [2.05, 4.69) is 20.6 Å². The number of nitrogens with one attached hydrogen (secondary N) is 2. The summed E-state index contributed by atoms with van der Waals surface area (Å²) in [6, 6.07) is 12.3. The van der Waals surface area contributed by atoms with Gasteiger partial charge in [-0.05, 0) is 31.2 Å². The minimum Gasteiger partial charge on any atom is -0.496 e. The quantitative estimate of drug-likeness (QED) is 0.677. The molecule has 0 saturated heterocycles. The van der Waals surface area contributed by atoms with Crippen molar-refractivity contribution in [3.05, 3.63) is 77.1 Å². The molecular weight excluding hydrogens is 366 g/mol. The lowest BCUT2D eigenvalue weighted by molar-refractivity contribution is 0.0945. The standard InChI is InChI=1S/C20H18F2N4O2/c1-12-10-16(19(27)23-11-13-6-3-4-9-17(13)28-2)25-20(24-12)26-18-14(21)7-5-8-15(18)22/h3-10H,11H2,1-2H3,(H,23,27)(H,24,25,26). The van der Waals surface area contributed by atoms with Crippen molar-refractivity contribution in [1.29, 1.82) is 0 Å². The van der Waals surface area contributed by atoms with E-state index in [0.717, 1.165) is 17.7 Å². The van der Waals surface area contributed by atoms with Crippen LogP contribution >= 0.6 is 0 Å². The number of amides is 1. The summed E-state index contributed by atoms with van der Waals surface area (Å²) in [5, 5.41) is 5.24. The van der Waals surface area contributed by atoms with Crippen molar-refractivity contribution < 1.29 is 18.3 Å². The Labute approximate surface area is 160 Å². The summed E-state index contributed by atoms with van der Waals surface area (Å²) in [7, 11) is 1.55. The number of aromatic nitrogens is 2. The van der Waals surface area contributed by atoms with Crippen molar-refractivity contribution >= 4 is 17.5 Å². The number of anilines is 2. The minimum absolute atomic E-state index is 0.0710. The molecule has 2 N–H and O–H groups in total. The number of ether oxygens (including phenoxy) is 1. The Morgan fingerprint density at radius 2 is 1.79 bits per heavy atom. The number of halogens is 2. The zero-order valence-electron chi connectivity index (χ0n) is 15.3. The topological polar surface area (TPSA) is 76.1 Å². The van der Waals surface area contributed by atoms with Crippen molar-refractivity contribution in [1.82, 2.24) is 15.3 Å². The highest BCUT2D eigenvalue weighted by Crippen LogP contribution is 2.22. The molecule has 0 unspecified atom stereocenters. The Morgan fingerprint density at radius 3 is 2.50 bits per heavy atom. The van der Waals surface area contributed by atoms with Crippen molar-refractivity contribution in [3.8, 4) is 5.75 Å². The molecule has 0 saturated carbocycles. The van der Waals surface area contributed by atoms with Crippen LogP contribution in [0.3, 0.4) is 0 Å². The maximum Gasteiger partial charge on any atom is 0.270 e. The fourth-order valence-corrected chi connectivity index (χ4v) is 2.58. The smallest absolute Gasteiger partial charge is 0.270 e. The fourth-order valence-electron chi connectivity index (χ4n) is 2.58. The number of benzene rings is 2. The lowest BCUT2D eigenvalue weighted by Crippen LogP contribution is -2.24. The molecule has 3 rings (SSSR count). The summed E-state index contributed by atoms with van der Waals surface area (Å²) in [5.41, 5.74) is 0.961.